The Morgan fingerprint density at radius 1 is 1.28 bits per heavy atom. The lowest BCUT2D eigenvalue weighted by Gasteiger charge is -2.08. The number of aromatic nitrogens is 3. The van der Waals surface area contributed by atoms with Crippen molar-refractivity contribution in [2.24, 2.45) is 12.8 Å². The van der Waals surface area contributed by atoms with E-state index in [1.165, 1.54) is 0 Å². The van der Waals surface area contributed by atoms with Crippen LogP contribution in [0.25, 0.3) is 0 Å². The van der Waals surface area contributed by atoms with Crippen LogP contribution in [0.15, 0.2) is 24.3 Å². The third-order valence-corrected chi connectivity index (χ3v) is 2.96. The van der Waals surface area contributed by atoms with Gasteiger partial charge in [-0.1, -0.05) is 12.1 Å². The summed E-state index contributed by atoms with van der Waals surface area (Å²) in [6, 6.07) is 7.83. The average molecular weight is 246 g/mol. The Balaban J connectivity index is 2.00. The van der Waals surface area contributed by atoms with Crippen molar-refractivity contribution in [3.05, 3.63) is 41.5 Å². The van der Waals surface area contributed by atoms with E-state index in [2.05, 4.69) is 10.2 Å². The molecule has 0 saturated carbocycles. The van der Waals surface area contributed by atoms with Gasteiger partial charge >= 0.3 is 0 Å². The maximum Gasteiger partial charge on any atom is 0.170 e. The van der Waals surface area contributed by atoms with Crippen LogP contribution in [-0.4, -0.2) is 14.8 Å². The zero-order valence-corrected chi connectivity index (χ0v) is 10.9. The van der Waals surface area contributed by atoms with Gasteiger partial charge in [0.1, 0.15) is 18.2 Å². The summed E-state index contributed by atoms with van der Waals surface area (Å²) in [5.41, 5.74) is 6.88. The number of hydrogen-bond donors (Lipinski definition) is 1. The van der Waals surface area contributed by atoms with Crippen molar-refractivity contribution in [2.75, 3.05) is 0 Å². The summed E-state index contributed by atoms with van der Waals surface area (Å²) in [4.78, 5) is 0. The highest BCUT2D eigenvalue weighted by molar-refractivity contribution is 5.28. The Morgan fingerprint density at radius 2 is 1.94 bits per heavy atom. The quantitative estimate of drug-likeness (QED) is 0.892. The summed E-state index contributed by atoms with van der Waals surface area (Å²) in [5.74, 6) is 2.49. The highest BCUT2D eigenvalue weighted by atomic mass is 16.5. The molecule has 0 aliphatic carbocycles. The molecule has 0 aliphatic heterocycles. The van der Waals surface area contributed by atoms with Crippen molar-refractivity contribution in [2.45, 2.75) is 26.5 Å². The molecule has 1 heterocycles. The Bertz CT molecular complexity index is 516. The van der Waals surface area contributed by atoms with Gasteiger partial charge in [-0.3, -0.25) is 0 Å². The number of hydrogen-bond acceptors (Lipinski definition) is 4. The van der Waals surface area contributed by atoms with E-state index in [9.17, 15) is 0 Å². The highest BCUT2D eigenvalue weighted by Gasteiger charge is 2.05. The molecule has 1 unspecified atom stereocenters. The van der Waals surface area contributed by atoms with Crippen LogP contribution in [0, 0.1) is 6.92 Å². The van der Waals surface area contributed by atoms with Crippen molar-refractivity contribution >= 4 is 0 Å². The van der Waals surface area contributed by atoms with Crippen LogP contribution in [-0.2, 0) is 13.7 Å². The van der Waals surface area contributed by atoms with Gasteiger partial charge in [-0.25, -0.2) is 0 Å². The minimum Gasteiger partial charge on any atom is -0.486 e. The number of ether oxygens (including phenoxy) is 1. The largest absolute Gasteiger partial charge is 0.486 e. The summed E-state index contributed by atoms with van der Waals surface area (Å²) in [6.45, 7) is 4.28. The van der Waals surface area contributed by atoms with Crippen molar-refractivity contribution in [1.82, 2.24) is 14.8 Å². The summed E-state index contributed by atoms with van der Waals surface area (Å²) >= 11 is 0. The van der Waals surface area contributed by atoms with Gasteiger partial charge in [0.2, 0.25) is 0 Å². The van der Waals surface area contributed by atoms with Crippen molar-refractivity contribution in [1.29, 1.82) is 0 Å². The topological polar surface area (TPSA) is 66.0 Å². The van der Waals surface area contributed by atoms with Gasteiger partial charge in [0.05, 0.1) is 0 Å². The van der Waals surface area contributed by atoms with E-state index in [0.717, 1.165) is 23.0 Å². The maximum absolute atomic E-state index is 5.79. The predicted octanol–water partition coefficient (Wildman–Crippen LogP) is 1.72. The van der Waals surface area contributed by atoms with E-state index in [1.807, 2.05) is 49.7 Å². The molecule has 5 heteroatoms. The third kappa shape index (κ3) is 2.68. The molecule has 96 valence electrons. The standard InChI is InChI=1S/C13H18N4O/c1-9(14)11-4-6-12(7-5-11)18-8-13-16-15-10(2)17(13)3/h4-7,9H,8,14H2,1-3H3. The zero-order chi connectivity index (χ0) is 13.1. The highest BCUT2D eigenvalue weighted by Crippen LogP contribution is 2.16. The Hall–Kier alpha value is -1.88. The number of nitrogens with two attached hydrogens (primary N) is 1. The van der Waals surface area contributed by atoms with Gasteiger partial charge in [0, 0.05) is 13.1 Å². The number of nitrogens with zero attached hydrogens (tertiary/aromatic N) is 3. The minimum absolute atomic E-state index is 0.0421. The number of benzene rings is 1. The Kier molecular flexibility index (Phi) is 3.62. The zero-order valence-electron chi connectivity index (χ0n) is 10.9. The second-order valence-electron chi connectivity index (χ2n) is 4.37. The normalized spacial score (nSPS) is 12.4. The van der Waals surface area contributed by atoms with E-state index < -0.39 is 0 Å². The molecule has 1 atom stereocenters. The molecule has 1 aromatic carbocycles. The van der Waals surface area contributed by atoms with Crippen LogP contribution in [0.4, 0.5) is 0 Å². The molecule has 5 nitrogen and oxygen atoms in total. The van der Waals surface area contributed by atoms with Gasteiger partial charge in [-0.2, -0.15) is 0 Å². The molecule has 0 spiro atoms. The van der Waals surface area contributed by atoms with Crippen LogP contribution in [0.2, 0.25) is 0 Å². The van der Waals surface area contributed by atoms with Crippen molar-refractivity contribution < 1.29 is 4.74 Å². The van der Waals surface area contributed by atoms with Crippen molar-refractivity contribution in [3.63, 3.8) is 0 Å². The first-order chi connectivity index (χ1) is 8.58. The summed E-state index contributed by atoms with van der Waals surface area (Å²) < 4.78 is 7.57. The summed E-state index contributed by atoms with van der Waals surface area (Å²) in [7, 11) is 1.92. The second-order valence-corrected chi connectivity index (χ2v) is 4.37. The maximum atomic E-state index is 5.79. The number of aryl methyl sites for hydroxylation is 1. The molecule has 0 bridgehead atoms. The molecule has 1 aromatic heterocycles. The van der Waals surface area contributed by atoms with Crippen LogP contribution in [0.1, 0.15) is 30.2 Å². The van der Waals surface area contributed by atoms with Gasteiger partial charge in [0.15, 0.2) is 5.82 Å². The third-order valence-electron chi connectivity index (χ3n) is 2.96. The van der Waals surface area contributed by atoms with Crippen LogP contribution >= 0.6 is 0 Å². The molecule has 0 amide bonds. The van der Waals surface area contributed by atoms with Crippen LogP contribution < -0.4 is 10.5 Å². The minimum atomic E-state index is 0.0421. The lowest BCUT2D eigenvalue weighted by atomic mass is 10.1. The van der Waals surface area contributed by atoms with E-state index >= 15 is 0 Å². The lowest BCUT2D eigenvalue weighted by molar-refractivity contribution is 0.291. The van der Waals surface area contributed by atoms with Gasteiger partial charge < -0.3 is 15.0 Å². The smallest absolute Gasteiger partial charge is 0.170 e. The summed E-state index contributed by atoms with van der Waals surface area (Å²) in [6.07, 6.45) is 0. The fraction of sp³-hybridized carbons (Fsp3) is 0.385. The molecular formula is C13H18N4O. The fourth-order valence-corrected chi connectivity index (χ4v) is 1.59. The number of rotatable bonds is 4. The Labute approximate surface area is 107 Å². The van der Waals surface area contributed by atoms with E-state index in [0.29, 0.717) is 6.61 Å². The predicted molar refractivity (Wildman–Crippen MR) is 69.1 cm³/mol. The van der Waals surface area contributed by atoms with Crippen molar-refractivity contribution in [3.8, 4) is 5.75 Å². The van der Waals surface area contributed by atoms with Crippen LogP contribution in [0.5, 0.6) is 5.75 Å². The first-order valence-corrected chi connectivity index (χ1v) is 5.91. The monoisotopic (exact) mass is 246 g/mol. The molecule has 18 heavy (non-hydrogen) atoms. The Morgan fingerprint density at radius 3 is 2.44 bits per heavy atom. The fourth-order valence-electron chi connectivity index (χ4n) is 1.59. The first-order valence-electron chi connectivity index (χ1n) is 5.91. The summed E-state index contributed by atoms with van der Waals surface area (Å²) in [5, 5.41) is 8.03. The van der Waals surface area contributed by atoms with Gasteiger partial charge in [0.25, 0.3) is 0 Å². The molecule has 2 rings (SSSR count). The molecule has 0 radical (unpaired) electrons. The molecule has 2 aromatic rings. The van der Waals surface area contributed by atoms with E-state index in [4.69, 9.17) is 10.5 Å². The molecular weight excluding hydrogens is 228 g/mol. The second kappa shape index (κ2) is 5.18. The molecule has 2 N–H and O–H groups in total. The molecule has 0 saturated heterocycles. The molecule has 0 aliphatic rings. The SMILES string of the molecule is Cc1nnc(COc2ccc(C(C)N)cc2)n1C. The van der Waals surface area contributed by atoms with E-state index in [-0.39, 0.29) is 6.04 Å². The van der Waals surface area contributed by atoms with Crippen LogP contribution in [0.3, 0.4) is 0 Å². The van der Waals surface area contributed by atoms with Gasteiger partial charge in [-0.05, 0) is 31.5 Å². The average Bonchev–Trinajstić information content (AvgIpc) is 2.68. The molecule has 0 fully saturated rings. The lowest BCUT2D eigenvalue weighted by Crippen LogP contribution is -2.06. The van der Waals surface area contributed by atoms with Gasteiger partial charge in [-0.15, -0.1) is 10.2 Å². The first kappa shape index (κ1) is 12.6. The van der Waals surface area contributed by atoms with E-state index in [1.54, 1.807) is 0 Å².